The molecule has 7 heteroatoms. The van der Waals surface area contributed by atoms with Gasteiger partial charge in [-0.3, -0.25) is 0 Å². The van der Waals surface area contributed by atoms with Crippen LogP contribution in [-0.4, -0.2) is 31.4 Å². The third-order valence-corrected chi connectivity index (χ3v) is 4.01. The van der Waals surface area contributed by atoms with Gasteiger partial charge in [-0.15, -0.1) is 11.6 Å². The number of sulfonamides is 1. The van der Waals surface area contributed by atoms with Crippen molar-refractivity contribution in [2.45, 2.75) is 11.8 Å². The van der Waals surface area contributed by atoms with Crippen LogP contribution in [0.25, 0.3) is 0 Å². The van der Waals surface area contributed by atoms with E-state index in [4.69, 9.17) is 0 Å². The van der Waals surface area contributed by atoms with Crippen LogP contribution in [0, 0.1) is 6.92 Å². The van der Waals surface area contributed by atoms with Gasteiger partial charge in [-0.2, -0.15) is 0 Å². The Labute approximate surface area is 111 Å². The number of hydrogen-bond acceptors (Lipinski definition) is 4. The number of rotatable bonds is 4. The Morgan fingerprint density at radius 3 is 2.47 bits per heavy atom. The second kappa shape index (κ2) is 6.08. The van der Waals surface area contributed by atoms with Gasteiger partial charge >= 0.3 is 6.03 Å². The summed E-state index contributed by atoms with van der Waals surface area (Å²) >= 11 is 0. The highest BCUT2D eigenvalue weighted by Crippen LogP contribution is 2.17. The molecule has 1 rings (SSSR count). The normalized spacial score (nSPS) is 10.4. The van der Waals surface area contributed by atoms with E-state index in [1.165, 1.54) is 18.2 Å². The van der Waals surface area contributed by atoms with Crippen LogP contribution >= 0.6 is 0 Å². The fourth-order valence-corrected chi connectivity index (χ4v) is 2.61. The van der Waals surface area contributed by atoms with E-state index in [-0.39, 0.29) is 11.4 Å². The molecule has 0 spiro atoms. The zero-order chi connectivity index (χ0) is 14.5. The van der Waals surface area contributed by atoms with Gasteiger partial charge in [-0.1, -0.05) is 23.8 Å². The first-order chi connectivity index (χ1) is 8.93. The van der Waals surface area contributed by atoms with Crippen molar-refractivity contribution in [2.24, 2.45) is 4.99 Å². The molecule has 1 aromatic rings. The lowest BCUT2D eigenvalue weighted by Crippen LogP contribution is -2.35. The minimum atomic E-state index is -4.06. The molecule has 0 heterocycles. The molecule has 2 amide bonds. The van der Waals surface area contributed by atoms with Crippen molar-refractivity contribution in [1.82, 2.24) is 4.31 Å². The summed E-state index contributed by atoms with van der Waals surface area (Å²) in [7, 11) is -4.06. The number of carbonyl (C=O) groups is 1. The Morgan fingerprint density at radius 2 is 2.00 bits per heavy atom. The number of nitrogens with zero attached hydrogens (tertiary/aromatic N) is 2. The van der Waals surface area contributed by atoms with Gasteiger partial charge in [-0.25, -0.2) is 22.3 Å². The van der Waals surface area contributed by atoms with Crippen LogP contribution in [0.4, 0.5) is 4.79 Å². The SMILES string of the molecule is C=CCN(C(=O)N=C=O)S(=O)(=O)c1ccc(C)cc1. The number of hydrogen-bond donors (Lipinski definition) is 0. The summed E-state index contributed by atoms with van der Waals surface area (Å²) in [6.45, 7) is 4.89. The Balaban J connectivity index is 3.27. The number of carbonyl (C=O) groups excluding carboxylic acids is 2. The maximum absolute atomic E-state index is 12.2. The van der Waals surface area contributed by atoms with Crippen molar-refractivity contribution >= 4 is 22.1 Å². The largest absolute Gasteiger partial charge is 0.368 e. The number of benzene rings is 1. The van der Waals surface area contributed by atoms with Gasteiger partial charge in [0.2, 0.25) is 6.08 Å². The molecular weight excluding hydrogens is 268 g/mol. The van der Waals surface area contributed by atoms with Crippen LogP contribution in [-0.2, 0) is 14.8 Å². The highest BCUT2D eigenvalue weighted by Gasteiger charge is 2.28. The molecule has 1 aromatic carbocycles. The van der Waals surface area contributed by atoms with Gasteiger partial charge in [0.25, 0.3) is 10.0 Å². The summed E-state index contributed by atoms with van der Waals surface area (Å²) in [5.74, 6) is 0. The fraction of sp³-hybridized carbons (Fsp3) is 0.167. The first-order valence-electron chi connectivity index (χ1n) is 5.25. The summed E-state index contributed by atoms with van der Waals surface area (Å²) in [5, 5.41) is 0. The molecule has 0 aliphatic heterocycles. The number of urea groups is 1. The summed E-state index contributed by atoms with van der Waals surface area (Å²) in [4.78, 5) is 24.3. The van der Waals surface area contributed by atoms with Crippen molar-refractivity contribution in [2.75, 3.05) is 6.54 Å². The number of aliphatic imine (C=N–C) groups is 1. The number of aryl methyl sites for hydroxylation is 1. The quantitative estimate of drug-likeness (QED) is 0.476. The van der Waals surface area contributed by atoms with Crippen molar-refractivity contribution < 1.29 is 18.0 Å². The monoisotopic (exact) mass is 280 g/mol. The van der Waals surface area contributed by atoms with Crippen molar-refractivity contribution in [1.29, 1.82) is 0 Å². The standard InChI is InChI=1S/C12H12N2O4S/c1-3-8-14(12(16)13-9-15)19(17,18)11-6-4-10(2)5-7-11/h3-7H,1,8H2,2H3. The van der Waals surface area contributed by atoms with E-state index in [0.717, 1.165) is 11.6 Å². The summed E-state index contributed by atoms with van der Waals surface area (Å²) in [5.41, 5.74) is 0.881. The number of isocyanates is 1. The minimum Gasteiger partial charge on any atom is -0.244 e. The second-order valence-electron chi connectivity index (χ2n) is 3.62. The van der Waals surface area contributed by atoms with Gasteiger partial charge in [-0.05, 0) is 19.1 Å². The molecule has 0 radical (unpaired) electrons. The Hall–Kier alpha value is -2.24. The van der Waals surface area contributed by atoms with Gasteiger partial charge < -0.3 is 0 Å². The van der Waals surface area contributed by atoms with E-state index in [1.54, 1.807) is 19.1 Å². The second-order valence-corrected chi connectivity index (χ2v) is 5.49. The van der Waals surface area contributed by atoms with Crippen LogP contribution in [0.15, 0.2) is 46.8 Å². The van der Waals surface area contributed by atoms with Crippen LogP contribution < -0.4 is 0 Å². The molecule has 0 saturated carbocycles. The summed E-state index contributed by atoms with van der Waals surface area (Å²) in [6.07, 6.45) is 2.25. The smallest absolute Gasteiger partial charge is 0.244 e. The maximum Gasteiger partial charge on any atom is 0.368 e. The molecule has 0 N–H and O–H groups in total. The fourth-order valence-electron chi connectivity index (χ4n) is 1.33. The lowest BCUT2D eigenvalue weighted by atomic mass is 10.2. The van der Waals surface area contributed by atoms with Crippen molar-refractivity contribution in [3.8, 4) is 0 Å². The highest BCUT2D eigenvalue weighted by atomic mass is 32.2. The maximum atomic E-state index is 12.2. The predicted octanol–water partition coefficient (Wildman–Crippen LogP) is 1.63. The molecule has 0 fully saturated rings. The molecule has 0 saturated heterocycles. The number of amides is 2. The average molecular weight is 280 g/mol. The topological polar surface area (TPSA) is 83.9 Å². The molecular formula is C12H12N2O4S. The molecule has 0 atom stereocenters. The van der Waals surface area contributed by atoms with Crippen molar-refractivity contribution in [3.63, 3.8) is 0 Å². The van der Waals surface area contributed by atoms with E-state index in [0.29, 0.717) is 4.31 Å². The van der Waals surface area contributed by atoms with E-state index in [9.17, 15) is 18.0 Å². The van der Waals surface area contributed by atoms with E-state index in [2.05, 4.69) is 11.6 Å². The van der Waals surface area contributed by atoms with E-state index < -0.39 is 16.1 Å². The average Bonchev–Trinajstić information content (AvgIpc) is 2.36. The third-order valence-electron chi connectivity index (χ3n) is 2.26. The van der Waals surface area contributed by atoms with Gasteiger partial charge in [0.15, 0.2) is 0 Å². The van der Waals surface area contributed by atoms with Gasteiger partial charge in [0, 0.05) is 0 Å². The zero-order valence-electron chi connectivity index (χ0n) is 10.2. The Bertz CT molecular complexity index is 628. The van der Waals surface area contributed by atoms with Crippen molar-refractivity contribution in [3.05, 3.63) is 42.5 Å². The lowest BCUT2D eigenvalue weighted by molar-refractivity contribution is 0.235. The molecule has 0 aliphatic carbocycles. The molecule has 0 aromatic heterocycles. The van der Waals surface area contributed by atoms with E-state index >= 15 is 0 Å². The summed E-state index contributed by atoms with van der Waals surface area (Å²) in [6, 6.07) is 4.76. The minimum absolute atomic E-state index is 0.0607. The van der Waals surface area contributed by atoms with Crippen LogP contribution in [0.3, 0.4) is 0 Å². The first kappa shape index (κ1) is 14.8. The highest BCUT2D eigenvalue weighted by molar-refractivity contribution is 7.89. The van der Waals surface area contributed by atoms with E-state index in [1.807, 2.05) is 0 Å². The van der Waals surface area contributed by atoms with Crippen LogP contribution in [0.5, 0.6) is 0 Å². The molecule has 0 bridgehead atoms. The predicted molar refractivity (Wildman–Crippen MR) is 68.8 cm³/mol. The Morgan fingerprint density at radius 1 is 1.42 bits per heavy atom. The molecule has 6 nitrogen and oxygen atoms in total. The molecule has 0 aliphatic rings. The molecule has 19 heavy (non-hydrogen) atoms. The van der Waals surface area contributed by atoms with Crippen LogP contribution in [0.2, 0.25) is 0 Å². The van der Waals surface area contributed by atoms with Crippen LogP contribution in [0.1, 0.15) is 5.56 Å². The molecule has 100 valence electrons. The molecule has 0 unspecified atom stereocenters. The zero-order valence-corrected chi connectivity index (χ0v) is 11.1. The first-order valence-corrected chi connectivity index (χ1v) is 6.69. The van der Waals surface area contributed by atoms with Gasteiger partial charge in [0.1, 0.15) is 0 Å². The summed E-state index contributed by atoms with van der Waals surface area (Å²) < 4.78 is 24.9. The van der Waals surface area contributed by atoms with Gasteiger partial charge in [0.05, 0.1) is 11.4 Å². The Kier molecular flexibility index (Phi) is 4.74. The lowest BCUT2D eigenvalue weighted by Gasteiger charge is -2.18. The third kappa shape index (κ3) is 3.37.